The Hall–Kier alpha value is -2.19. The Kier molecular flexibility index (Phi) is 5.74. The normalized spacial score (nSPS) is 17.1. The maximum Gasteiger partial charge on any atom is 0.407 e. The van der Waals surface area contributed by atoms with Crippen LogP contribution in [0.1, 0.15) is 52.9 Å². The second kappa shape index (κ2) is 7.59. The molecule has 0 bridgehead atoms. The molecule has 9 nitrogen and oxygen atoms in total. The van der Waals surface area contributed by atoms with Gasteiger partial charge in [0.2, 0.25) is 5.91 Å². The van der Waals surface area contributed by atoms with Crippen molar-refractivity contribution in [2.45, 2.75) is 64.0 Å². The van der Waals surface area contributed by atoms with Gasteiger partial charge in [0.05, 0.1) is 0 Å². The first-order valence-corrected chi connectivity index (χ1v) is 8.32. The number of carbonyl (C=O) groups is 2. The van der Waals surface area contributed by atoms with E-state index in [1.54, 1.807) is 25.5 Å². The summed E-state index contributed by atoms with van der Waals surface area (Å²) in [7, 11) is 0. The summed E-state index contributed by atoms with van der Waals surface area (Å²) in [5.41, 5.74) is -1.27. The van der Waals surface area contributed by atoms with E-state index in [0.29, 0.717) is 25.9 Å². The van der Waals surface area contributed by atoms with Gasteiger partial charge in [-0.05, 0) is 44.0 Å². The van der Waals surface area contributed by atoms with Crippen molar-refractivity contribution in [1.29, 1.82) is 0 Å². The van der Waals surface area contributed by atoms with E-state index in [0.717, 1.165) is 19.3 Å². The molecule has 0 aliphatic heterocycles. The fraction of sp³-hybridized carbons (Fsp3) is 0.800. The van der Waals surface area contributed by atoms with Crippen LogP contribution in [-0.2, 0) is 15.1 Å². The van der Waals surface area contributed by atoms with E-state index >= 15 is 0 Å². The molecule has 2 N–H and O–H groups in total. The summed E-state index contributed by atoms with van der Waals surface area (Å²) in [6, 6.07) is 0. The molecule has 9 heteroatoms. The molecule has 2 amide bonds. The Morgan fingerprint density at radius 3 is 2.42 bits per heavy atom. The number of nitrogens with zero attached hydrogens (tertiary/aromatic N) is 4. The quantitative estimate of drug-likeness (QED) is 0.774. The van der Waals surface area contributed by atoms with Gasteiger partial charge in [-0.2, -0.15) is 0 Å². The molecule has 0 aromatic carbocycles. The van der Waals surface area contributed by atoms with Gasteiger partial charge in [-0.25, -0.2) is 9.48 Å². The van der Waals surface area contributed by atoms with Crippen LogP contribution in [0.4, 0.5) is 4.79 Å². The fourth-order valence-corrected chi connectivity index (χ4v) is 2.87. The van der Waals surface area contributed by atoms with E-state index in [4.69, 9.17) is 4.74 Å². The molecule has 1 aromatic heterocycles. The second-order valence-corrected chi connectivity index (χ2v) is 7.03. The average Bonchev–Trinajstić information content (AvgIpc) is 3.05. The van der Waals surface area contributed by atoms with Crippen LogP contribution in [-0.4, -0.2) is 50.9 Å². The fourth-order valence-electron chi connectivity index (χ4n) is 2.87. The highest BCUT2D eigenvalue weighted by Gasteiger charge is 2.42. The van der Waals surface area contributed by atoms with Crippen LogP contribution in [0.25, 0.3) is 0 Å². The molecular weight excluding hydrogens is 312 g/mol. The molecule has 1 aromatic rings. The smallest absolute Gasteiger partial charge is 0.407 e. The number of amides is 2. The highest BCUT2D eigenvalue weighted by Crippen LogP contribution is 2.34. The lowest BCUT2D eigenvalue weighted by Gasteiger charge is -2.35. The largest absolute Gasteiger partial charge is 0.444 e. The zero-order valence-corrected chi connectivity index (χ0v) is 14.5. The topological polar surface area (TPSA) is 111 Å². The van der Waals surface area contributed by atoms with Crippen LogP contribution in [0.2, 0.25) is 0 Å². The average molecular weight is 338 g/mol. The van der Waals surface area contributed by atoms with Gasteiger partial charge in [-0.3, -0.25) is 4.79 Å². The molecule has 1 fully saturated rings. The number of alkyl carbamates (subject to hydrolysis) is 1. The number of hydrogen-bond acceptors (Lipinski definition) is 6. The summed E-state index contributed by atoms with van der Waals surface area (Å²) < 4.78 is 6.70. The molecule has 0 unspecified atom stereocenters. The van der Waals surface area contributed by atoms with E-state index in [2.05, 4.69) is 26.2 Å². The Morgan fingerprint density at radius 1 is 1.17 bits per heavy atom. The summed E-state index contributed by atoms with van der Waals surface area (Å²) in [5.74, 6) is -0.111. The van der Waals surface area contributed by atoms with Crippen molar-refractivity contribution in [2.75, 3.05) is 13.1 Å². The zero-order chi connectivity index (χ0) is 17.6. The predicted octanol–water partition coefficient (Wildman–Crippen LogP) is 0.973. The highest BCUT2D eigenvalue weighted by atomic mass is 16.6. The molecular formula is C15H26N6O3. The summed E-state index contributed by atoms with van der Waals surface area (Å²) >= 11 is 0. The molecule has 0 radical (unpaired) electrons. The van der Waals surface area contributed by atoms with E-state index in [1.807, 2.05) is 0 Å². The number of rotatable bonds is 5. The summed E-state index contributed by atoms with van der Waals surface area (Å²) in [6.07, 6.45) is 5.45. The molecule has 1 aliphatic rings. The first-order chi connectivity index (χ1) is 11.3. The standard InChI is InChI=1S/C15H26N6O3/c1-14(2,3)24-13(23)17-10-9-16-12(22)15(7-5-4-6-8-15)21-11-18-19-20-21/h11H,4-10H2,1-3H3,(H,16,22)(H,17,23). The molecule has 0 atom stereocenters. The van der Waals surface area contributed by atoms with Gasteiger partial charge in [0, 0.05) is 13.1 Å². The summed E-state index contributed by atoms with van der Waals surface area (Å²) in [4.78, 5) is 24.3. The molecule has 0 saturated heterocycles. The molecule has 134 valence electrons. The van der Waals surface area contributed by atoms with Gasteiger partial charge in [-0.15, -0.1) is 5.10 Å². The monoisotopic (exact) mass is 338 g/mol. The van der Waals surface area contributed by atoms with E-state index in [9.17, 15) is 9.59 Å². The maximum absolute atomic E-state index is 12.7. The number of tetrazole rings is 1. The third-order valence-corrected chi connectivity index (χ3v) is 3.97. The van der Waals surface area contributed by atoms with Crippen molar-refractivity contribution in [2.24, 2.45) is 0 Å². The van der Waals surface area contributed by atoms with Crippen LogP contribution in [0.3, 0.4) is 0 Å². The van der Waals surface area contributed by atoms with Gasteiger partial charge < -0.3 is 15.4 Å². The van der Waals surface area contributed by atoms with Crippen LogP contribution in [0.5, 0.6) is 0 Å². The third kappa shape index (κ3) is 4.65. The predicted molar refractivity (Wildman–Crippen MR) is 86.1 cm³/mol. The van der Waals surface area contributed by atoms with Gasteiger partial charge in [0.15, 0.2) is 0 Å². The zero-order valence-electron chi connectivity index (χ0n) is 14.5. The van der Waals surface area contributed by atoms with E-state index in [-0.39, 0.29) is 5.91 Å². The number of ether oxygens (including phenoxy) is 1. The molecule has 1 heterocycles. The van der Waals surface area contributed by atoms with Crippen molar-refractivity contribution in [3.05, 3.63) is 6.33 Å². The molecule has 2 rings (SSSR count). The van der Waals surface area contributed by atoms with Crippen molar-refractivity contribution in [1.82, 2.24) is 30.8 Å². The molecule has 0 spiro atoms. The van der Waals surface area contributed by atoms with Crippen molar-refractivity contribution >= 4 is 12.0 Å². The number of aromatic nitrogens is 4. The Bertz CT molecular complexity index is 546. The minimum absolute atomic E-state index is 0.111. The summed E-state index contributed by atoms with van der Waals surface area (Å²) in [5, 5.41) is 16.7. The first kappa shape index (κ1) is 18.2. The maximum atomic E-state index is 12.7. The second-order valence-electron chi connectivity index (χ2n) is 7.03. The summed E-state index contributed by atoms with van der Waals surface area (Å²) in [6.45, 7) is 6.02. The van der Waals surface area contributed by atoms with Crippen LogP contribution < -0.4 is 10.6 Å². The van der Waals surface area contributed by atoms with E-state index < -0.39 is 17.2 Å². The Labute approximate surface area is 141 Å². The van der Waals surface area contributed by atoms with Crippen molar-refractivity contribution in [3.8, 4) is 0 Å². The number of carbonyl (C=O) groups excluding carboxylic acids is 2. The first-order valence-electron chi connectivity index (χ1n) is 8.32. The van der Waals surface area contributed by atoms with Gasteiger partial charge >= 0.3 is 6.09 Å². The molecule has 1 aliphatic carbocycles. The highest BCUT2D eigenvalue weighted by molar-refractivity contribution is 5.84. The lowest BCUT2D eigenvalue weighted by Crippen LogP contribution is -2.51. The van der Waals surface area contributed by atoms with Crippen molar-refractivity contribution in [3.63, 3.8) is 0 Å². The van der Waals surface area contributed by atoms with Crippen LogP contribution in [0.15, 0.2) is 6.33 Å². The Balaban J connectivity index is 1.85. The van der Waals surface area contributed by atoms with E-state index in [1.165, 1.54) is 6.33 Å². The number of nitrogens with one attached hydrogen (secondary N) is 2. The molecule has 24 heavy (non-hydrogen) atoms. The molecule has 1 saturated carbocycles. The lowest BCUT2D eigenvalue weighted by atomic mass is 9.81. The van der Waals surface area contributed by atoms with Crippen molar-refractivity contribution < 1.29 is 14.3 Å². The van der Waals surface area contributed by atoms with Crippen LogP contribution in [0, 0.1) is 0 Å². The Morgan fingerprint density at radius 2 is 1.83 bits per heavy atom. The lowest BCUT2D eigenvalue weighted by molar-refractivity contribution is -0.132. The van der Waals surface area contributed by atoms with Gasteiger partial charge in [0.1, 0.15) is 17.5 Å². The minimum Gasteiger partial charge on any atom is -0.444 e. The van der Waals surface area contributed by atoms with Crippen LogP contribution >= 0.6 is 0 Å². The number of hydrogen-bond donors (Lipinski definition) is 2. The van der Waals surface area contributed by atoms with Gasteiger partial charge in [0.25, 0.3) is 0 Å². The minimum atomic E-state index is -0.729. The SMILES string of the molecule is CC(C)(C)OC(=O)NCCNC(=O)C1(n2cnnn2)CCCCC1. The third-order valence-electron chi connectivity index (χ3n) is 3.97. The van der Waals surface area contributed by atoms with Gasteiger partial charge in [-0.1, -0.05) is 19.3 Å².